The molecule has 1 aromatic carbocycles. The highest BCUT2D eigenvalue weighted by Gasteiger charge is 2.20. The van der Waals surface area contributed by atoms with E-state index >= 15 is 0 Å². The lowest BCUT2D eigenvalue weighted by molar-refractivity contribution is 0.0520. The first-order valence-electron chi connectivity index (χ1n) is 4.17. The Bertz CT molecular complexity index is 440. The fourth-order valence-electron chi connectivity index (χ4n) is 1.05. The zero-order valence-corrected chi connectivity index (χ0v) is 8.64. The fourth-order valence-corrected chi connectivity index (χ4v) is 1.20. The van der Waals surface area contributed by atoms with Gasteiger partial charge in [-0.15, -0.1) is 0 Å². The van der Waals surface area contributed by atoms with Crippen molar-refractivity contribution in [3.8, 4) is 6.07 Å². The molecule has 0 fully saturated rings. The normalized spacial score (nSPS) is 9.47. The van der Waals surface area contributed by atoms with E-state index in [4.69, 9.17) is 16.9 Å². The van der Waals surface area contributed by atoms with Gasteiger partial charge >= 0.3 is 5.97 Å². The molecule has 1 aromatic rings. The van der Waals surface area contributed by atoms with E-state index in [1.165, 1.54) is 12.1 Å². The van der Waals surface area contributed by atoms with Gasteiger partial charge in [-0.2, -0.15) is 5.26 Å². The number of esters is 1. The lowest BCUT2D eigenvalue weighted by atomic mass is 10.1. The van der Waals surface area contributed by atoms with Crippen molar-refractivity contribution in [1.29, 1.82) is 5.26 Å². The number of nitriles is 1. The molecule has 3 nitrogen and oxygen atoms in total. The minimum absolute atomic E-state index is 0.0876. The van der Waals surface area contributed by atoms with Gasteiger partial charge in [0.05, 0.1) is 17.2 Å². The molecule has 5 heteroatoms. The number of hydrogen-bond donors (Lipinski definition) is 0. The topological polar surface area (TPSA) is 50.1 Å². The van der Waals surface area contributed by atoms with Crippen LogP contribution < -0.4 is 0 Å². The van der Waals surface area contributed by atoms with Gasteiger partial charge in [-0.1, -0.05) is 11.6 Å². The first-order valence-corrected chi connectivity index (χ1v) is 4.54. The van der Waals surface area contributed by atoms with Crippen LogP contribution in [0.1, 0.15) is 22.8 Å². The van der Waals surface area contributed by atoms with Crippen molar-refractivity contribution < 1.29 is 13.9 Å². The van der Waals surface area contributed by atoms with E-state index in [1.54, 1.807) is 13.0 Å². The van der Waals surface area contributed by atoms with Gasteiger partial charge < -0.3 is 4.74 Å². The predicted molar refractivity (Wildman–Crippen MR) is 52.1 cm³/mol. The molecule has 0 atom stereocenters. The molecule has 0 radical (unpaired) electrons. The predicted octanol–water partition coefficient (Wildman–Crippen LogP) is 2.53. The van der Waals surface area contributed by atoms with E-state index in [0.29, 0.717) is 0 Å². The van der Waals surface area contributed by atoms with Gasteiger partial charge in [-0.3, -0.25) is 0 Å². The molecule has 0 unspecified atom stereocenters. The molecule has 78 valence electrons. The van der Waals surface area contributed by atoms with Crippen LogP contribution in [0.4, 0.5) is 4.39 Å². The molecule has 0 heterocycles. The summed E-state index contributed by atoms with van der Waals surface area (Å²) in [6.07, 6.45) is 0. The Hall–Kier alpha value is -1.60. The number of hydrogen-bond acceptors (Lipinski definition) is 3. The standard InChI is InChI=1S/C10H7ClFNO2/c1-2-15-10(14)8-6(5-13)3-4-7(11)9(8)12/h3-4H,2H2,1H3. The van der Waals surface area contributed by atoms with Crippen LogP contribution in [0, 0.1) is 17.1 Å². The third-order valence-corrected chi connectivity index (χ3v) is 1.99. The Labute approximate surface area is 91.0 Å². The maximum absolute atomic E-state index is 13.4. The molecule has 0 N–H and O–H groups in total. The highest BCUT2D eigenvalue weighted by molar-refractivity contribution is 6.31. The van der Waals surface area contributed by atoms with E-state index in [2.05, 4.69) is 4.74 Å². The number of ether oxygens (including phenoxy) is 1. The largest absolute Gasteiger partial charge is 0.462 e. The number of carbonyl (C=O) groups is 1. The van der Waals surface area contributed by atoms with Crippen molar-refractivity contribution in [1.82, 2.24) is 0 Å². The summed E-state index contributed by atoms with van der Waals surface area (Å²) in [4.78, 5) is 11.3. The molecule has 0 aromatic heterocycles. The number of carbonyl (C=O) groups excluding carboxylic acids is 1. The third-order valence-electron chi connectivity index (χ3n) is 1.69. The van der Waals surface area contributed by atoms with Crippen LogP contribution in [0.25, 0.3) is 0 Å². The molecule has 1 rings (SSSR count). The second-order valence-corrected chi connectivity index (χ2v) is 3.02. The summed E-state index contributed by atoms with van der Waals surface area (Å²) in [5.41, 5.74) is -0.498. The maximum Gasteiger partial charge on any atom is 0.342 e. The van der Waals surface area contributed by atoms with Gasteiger partial charge in [0.2, 0.25) is 0 Å². The molecule has 0 aliphatic rings. The molecular weight excluding hydrogens is 221 g/mol. The van der Waals surface area contributed by atoms with E-state index in [9.17, 15) is 9.18 Å². The molecule has 0 bridgehead atoms. The second-order valence-electron chi connectivity index (χ2n) is 2.62. The highest BCUT2D eigenvalue weighted by Crippen LogP contribution is 2.22. The summed E-state index contributed by atoms with van der Waals surface area (Å²) in [5, 5.41) is 8.47. The molecule has 0 amide bonds. The van der Waals surface area contributed by atoms with Crippen LogP contribution in [-0.2, 0) is 4.74 Å². The third kappa shape index (κ3) is 2.25. The van der Waals surface area contributed by atoms with Crippen LogP contribution in [0.5, 0.6) is 0 Å². The van der Waals surface area contributed by atoms with Crippen LogP contribution in [0.15, 0.2) is 12.1 Å². The number of benzene rings is 1. The maximum atomic E-state index is 13.4. The SMILES string of the molecule is CCOC(=O)c1c(C#N)ccc(Cl)c1F. The first-order chi connectivity index (χ1) is 7.11. The van der Waals surface area contributed by atoms with Gasteiger partial charge in [-0.25, -0.2) is 9.18 Å². The lowest BCUT2D eigenvalue weighted by Gasteiger charge is -2.05. The molecule has 15 heavy (non-hydrogen) atoms. The number of rotatable bonds is 2. The summed E-state index contributed by atoms with van der Waals surface area (Å²) < 4.78 is 18.1. The Morgan fingerprint density at radius 3 is 2.87 bits per heavy atom. The van der Waals surface area contributed by atoms with Crippen molar-refractivity contribution in [2.24, 2.45) is 0 Å². The first kappa shape index (κ1) is 11.5. The zero-order valence-electron chi connectivity index (χ0n) is 7.88. The Morgan fingerprint density at radius 2 is 2.33 bits per heavy atom. The van der Waals surface area contributed by atoms with Crippen molar-refractivity contribution in [2.75, 3.05) is 6.61 Å². The molecule has 0 aliphatic heterocycles. The zero-order chi connectivity index (χ0) is 11.4. The summed E-state index contributed by atoms with van der Waals surface area (Å²) in [7, 11) is 0. The number of halogens is 2. The van der Waals surface area contributed by atoms with E-state index < -0.39 is 17.3 Å². The Kier molecular flexibility index (Phi) is 3.64. The van der Waals surface area contributed by atoms with Gasteiger partial charge in [0.1, 0.15) is 11.6 Å². The van der Waals surface area contributed by atoms with Crippen LogP contribution in [-0.4, -0.2) is 12.6 Å². The second kappa shape index (κ2) is 4.76. The van der Waals surface area contributed by atoms with Gasteiger partial charge in [0, 0.05) is 0 Å². The quantitative estimate of drug-likeness (QED) is 0.730. The highest BCUT2D eigenvalue weighted by atomic mass is 35.5. The summed E-state index contributed by atoms with van der Waals surface area (Å²) in [5.74, 6) is -1.80. The van der Waals surface area contributed by atoms with Crippen molar-refractivity contribution >= 4 is 17.6 Å². The van der Waals surface area contributed by atoms with Gasteiger partial charge in [0.25, 0.3) is 0 Å². The number of nitrogens with zero attached hydrogens (tertiary/aromatic N) is 1. The Morgan fingerprint density at radius 1 is 1.67 bits per heavy atom. The van der Waals surface area contributed by atoms with Crippen molar-refractivity contribution in [3.05, 3.63) is 34.1 Å². The fraction of sp³-hybridized carbons (Fsp3) is 0.200. The molecule has 0 saturated heterocycles. The van der Waals surface area contributed by atoms with Crippen molar-refractivity contribution in [2.45, 2.75) is 6.92 Å². The van der Waals surface area contributed by atoms with Crippen LogP contribution in [0.3, 0.4) is 0 Å². The Balaban J connectivity index is 3.31. The molecule has 0 spiro atoms. The van der Waals surface area contributed by atoms with E-state index in [1.807, 2.05) is 0 Å². The van der Waals surface area contributed by atoms with Gasteiger partial charge in [0.15, 0.2) is 5.82 Å². The minimum atomic E-state index is -0.922. The van der Waals surface area contributed by atoms with E-state index in [-0.39, 0.29) is 17.2 Å². The van der Waals surface area contributed by atoms with Crippen LogP contribution in [0.2, 0.25) is 5.02 Å². The smallest absolute Gasteiger partial charge is 0.342 e. The average Bonchev–Trinajstić information content (AvgIpc) is 2.22. The van der Waals surface area contributed by atoms with Crippen molar-refractivity contribution in [3.63, 3.8) is 0 Å². The molecule has 0 aliphatic carbocycles. The molecular formula is C10H7ClFNO2. The molecule has 0 saturated carbocycles. The minimum Gasteiger partial charge on any atom is -0.462 e. The summed E-state index contributed by atoms with van der Waals surface area (Å²) in [6, 6.07) is 4.20. The summed E-state index contributed by atoms with van der Waals surface area (Å²) >= 11 is 5.49. The van der Waals surface area contributed by atoms with Gasteiger partial charge in [-0.05, 0) is 19.1 Å². The summed E-state index contributed by atoms with van der Waals surface area (Å²) in [6.45, 7) is 1.70. The van der Waals surface area contributed by atoms with Crippen LogP contribution >= 0.6 is 11.6 Å². The monoisotopic (exact) mass is 227 g/mol. The average molecular weight is 228 g/mol. The lowest BCUT2D eigenvalue weighted by Crippen LogP contribution is -2.10. The van der Waals surface area contributed by atoms with E-state index in [0.717, 1.165) is 0 Å².